The first-order valence-electron chi connectivity index (χ1n) is 8.27. The molecule has 2 heterocycles. The third-order valence-electron chi connectivity index (χ3n) is 4.85. The second-order valence-electron chi connectivity index (χ2n) is 6.36. The van der Waals surface area contributed by atoms with E-state index in [1.54, 1.807) is 0 Å². The van der Waals surface area contributed by atoms with Gasteiger partial charge in [0.25, 0.3) is 0 Å². The Morgan fingerprint density at radius 3 is 3.27 bits per heavy atom. The van der Waals surface area contributed by atoms with Crippen molar-refractivity contribution in [1.82, 2.24) is 9.88 Å². The molecular weight excluding hydrogens is 276 g/mol. The summed E-state index contributed by atoms with van der Waals surface area (Å²) in [6.07, 6.45) is 7.27. The van der Waals surface area contributed by atoms with Crippen LogP contribution in [0.1, 0.15) is 25.0 Å². The molecule has 2 fully saturated rings. The largest absolute Gasteiger partial charge is 0.377 e. The van der Waals surface area contributed by atoms with Crippen molar-refractivity contribution in [3.8, 4) is 0 Å². The molecule has 0 unspecified atom stereocenters. The van der Waals surface area contributed by atoms with Crippen molar-refractivity contribution in [2.24, 2.45) is 5.92 Å². The number of aromatic nitrogens is 1. The molecule has 2 aliphatic rings. The Kier molecular flexibility index (Phi) is 5.24. The lowest BCUT2D eigenvalue weighted by atomic mass is 9.89. The maximum Gasteiger partial charge on any atom is 0.0859 e. The Morgan fingerprint density at radius 2 is 2.45 bits per heavy atom. The quantitative estimate of drug-likeness (QED) is 0.598. The minimum absolute atomic E-state index is 0.0196. The van der Waals surface area contributed by atoms with E-state index in [-0.39, 0.29) is 5.60 Å². The lowest BCUT2D eigenvalue weighted by Crippen LogP contribution is -2.54. The molecule has 1 aromatic heterocycles. The normalized spacial score (nSPS) is 29.0. The Labute approximate surface area is 133 Å². The monoisotopic (exact) mass is 302 g/mol. The number of hydrogen-bond donors (Lipinski definition) is 0. The van der Waals surface area contributed by atoms with Gasteiger partial charge in [0.05, 0.1) is 31.1 Å². The zero-order valence-corrected chi connectivity index (χ0v) is 13.2. The number of pyridine rings is 1. The summed E-state index contributed by atoms with van der Waals surface area (Å²) in [5.41, 5.74) is 1.12. The number of nitrogens with zero attached hydrogens (tertiary/aromatic N) is 2. The summed E-state index contributed by atoms with van der Waals surface area (Å²) in [6.45, 7) is 8.82. The zero-order chi connectivity index (χ0) is 15.3. The van der Waals surface area contributed by atoms with E-state index in [2.05, 4.69) is 28.6 Å². The highest BCUT2D eigenvalue weighted by Crippen LogP contribution is 2.41. The predicted molar refractivity (Wildman–Crippen MR) is 86.6 cm³/mol. The summed E-state index contributed by atoms with van der Waals surface area (Å²) in [7, 11) is 0. The Morgan fingerprint density at radius 1 is 1.50 bits per heavy atom. The molecule has 0 bridgehead atoms. The molecule has 1 saturated heterocycles. The molecule has 1 aliphatic heterocycles. The van der Waals surface area contributed by atoms with Gasteiger partial charge in [-0.1, -0.05) is 18.6 Å². The van der Waals surface area contributed by atoms with E-state index < -0.39 is 0 Å². The summed E-state index contributed by atoms with van der Waals surface area (Å²) in [4.78, 5) is 6.93. The van der Waals surface area contributed by atoms with Gasteiger partial charge >= 0.3 is 0 Å². The van der Waals surface area contributed by atoms with Crippen LogP contribution >= 0.6 is 0 Å². The SMILES string of the molecule is C=CCOC[C@@H]1CCC[C@@]12CN(Cc1ccccn1)CCO2. The van der Waals surface area contributed by atoms with E-state index in [1.807, 2.05) is 18.3 Å². The fraction of sp³-hybridized carbons (Fsp3) is 0.611. The van der Waals surface area contributed by atoms with Crippen molar-refractivity contribution in [1.29, 1.82) is 0 Å². The molecule has 120 valence electrons. The molecule has 1 aliphatic carbocycles. The van der Waals surface area contributed by atoms with Crippen LogP contribution < -0.4 is 0 Å². The summed E-state index contributed by atoms with van der Waals surface area (Å²) >= 11 is 0. The zero-order valence-electron chi connectivity index (χ0n) is 13.2. The fourth-order valence-electron chi connectivity index (χ4n) is 3.78. The van der Waals surface area contributed by atoms with Gasteiger partial charge in [0.15, 0.2) is 0 Å². The standard InChI is InChI=1S/C18H26N2O2/c1-2-11-21-14-16-6-5-8-18(16)15-20(10-12-22-18)13-17-7-3-4-9-19-17/h2-4,7,9,16H,1,5-6,8,10-15H2/t16-,18+/m0/s1. The van der Waals surface area contributed by atoms with Gasteiger partial charge in [-0.25, -0.2) is 0 Å². The highest BCUT2D eigenvalue weighted by Gasteiger charge is 2.46. The first-order valence-corrected chi connectivity index (χ1v) is 8.27. The van der Waals surface area contributed by atoms with Crippen LogP contribution in [0.2, 0.25) is 0 Å². The number of rotatable bonds is 6. The van der Waals surface area contributed by atoms with Crippen LogP contribution in [0.25, 0.3) is 0 Å². The van der Waals surface area contributed by atoms with Crippen LogP contribution in [-0.4, -0.2) is 48.4 Å². The fourth-order valence-corrected chi connectivity index (χ4v) is 3.78. The van der Waals surface area contributed by atoms with E-state index in [0.717, 1.165) is 45.0 Å². The van der Waals surface area contributed by atoms with E-state index in [0.29, 0.717) is 12.5 Å². The third kappa shape index (κ3) is 3.57. The summed E-state index contributed by atoms with van der Waals surface area (Å²) in [5, 5.41) is 0. The average molecular weight is 302 g/mol. The molecule has 4 nitrogen and oxygen atoms in total. The molecule has 4 heteroatoms. The van der Waals surface area contributed by atoms with Crippen molar-refractivity contribution in [3.05, 3.63) is 42.7 Å². The molecule has 2 atom stereocenters. The third-order valence-corrected chi connectivity index (χ3v) is 4.85. The van der Waals surface area contributed by atoms with Crippen LogP contribution in [-0.2, 0) is 16.0 Å². The summed E-state index contributed by atoms with van der Waals surface area (Å²) in [6, 6.07) is 6.12. The Bertz CT molecular complexity index is 479. The number of hydrogen-bond acceptors (Lipinski definition) is 4. The van der Waals surface area contributed by atoms with Gasteiger partial charge in [-0.05, 0) is 25.0 Å². The van der Waals surface area contributed by atoms with Crippen molar-refractivity contribution in [2.75, 3.05) is 32.9 Å². The topological polar surface area (TPSA) is 34.6 Å². The van der Waals surface area contributed by atoms with Gasteiger partial charge < -0.3 is 9.47 Å². The van der Waals surface area contributed by atoms with Crippen LogP contribution in [0.5, 0.6) is 0 Å². The van der Waals surface area contributed by atoms with Gasteiger partial charge in [-0.2, -0.15) is 0 Å². The number of ether oxygens (including phenoxy) is 2. The molecule has 22 heavy (non-hydrogen) atoms. The van der Waals surface area contributed by atoms with Crippen LogP contribution in [0.4, 0.5) is 0 Å². The van der Waals surface area contributed by atoms with E-state index in [9.17, 15) is 0 Å². The first-order chi connectivity index (χ1) is 10.8. The van der Waals surface area contributed by atoms with Gasteiger partial charge in [-0.15, -0.1) is 6.58 Å². The van der Waals surface area contributed by atoms with Crippen molar-refractivity contribution in [3.63, 3.8) is 0 Å². The van der Waals surface area contributed by atoms with Crippen molar-refractivity contribution >= 4 is 0 Å². The lowest BCUT2D eigenvalue weighted by molar-refractivity contribution is -0.142. The van der Waals surface area contributed by atoms with E-state index >= 15 is 0 Å². The number of morpholine rings is 1. The minimum atomic E-state index is -0.0196. The molecule has 3 rings (SSSR count). The summed E-state index contributed by atoms with van der Waals surface area (Å²) in [5.74, 6) is 0.499. The van der Waals surface area contributed by atoms with Gasteiger partial charge in [0.2, 0.25) is 0 Å². The predicted octanol–water partition coefficient (Wildman–Crippen LogP) is 2.66. The molecule has 0 amide bonds. The lowest BCUT2D eigenvalue weighted by Gasteiger charge is -2.44. The van der Waals surface area contributed by atoms with Gasteiger partial charge in [0, 0.05) is 31.7 Å². The first kappa shape index (κ1) is 15.7. The molecule has 0 radical (unpaired) electrons. The summed E-state index contributed by atoms with van der Waals surface area (Å²) < 4.78 is 12.0. The van der Waals surface area contributed by atoms with Crippen LogP contribution in [0.15, 0.2) is 37.1 Å². The molecule has 1 spiro atoms. The second-order valence-corrected chi connectivity index (χ2v) is 6.36. The van der Waals surface area contributed by atoms with E-state index in [1.165, 1.54) is 12.8 Å². The molecule has 1 aromatic rings. The highest BCUT2D eigenvalue weighted by atomic mass is 16.5. The van der Waals surface area contributed by atoms with Gasteiger partial charge in [0.1, 0.15) is 0 Å². The molecule has 0 aromatic carbocycles. The smallest absolute Gasteiger partial charge is 0.0859 e. The van der Waals surface area contributed by atoms with Crippen LogP contribution in [0.3, 0.4) is 0 Å². The molecule has 1 saturated carbocycles. The average Bonchev–Trinajstić information content (AvgIpc) is 2.91. The second kappa shape index (κ2) is 7.36. The Balaban J connectivity index is 1.62. The van der Waals surface area contributed by atoms with Gasteiger partial charge in [-0.3, -0.25) is 9.88 Å². The van der Waals surface area contributed by atoms with Crippen molar-refractivity contribution in [2.45, 2.75) is 31.4 Å². The van der Waals surface area contributed by atoms with Crippen LogP contribution in [0, 0.1) is 5.92 Å². The maximum atomic E-state index is 6.27. The Hall–Kier alpha value is -1.23. The maximum absolute atomic E-state index is 6.27. The molecule has 0 N–H and O–H groups in total. The molecular formula is C18H26N2O2. The highest BCUT2D eigenvalue weighted by molar-refractivity contribution is 5.05. The minimum Gasteiger partial charge on any atom is -0.377 e. The van der Waals surface area contributed by atoms with Crippen molar-refractivity contribution < 1.29 is 9.47 Å². The van der Waals surface area contributed by atoms with E-state index in [4.69, 9.17) is 9.47 Å².